The van der Waals surface area contributed by atoms with Crippen LogP contribution in [0.3, 0.4) is 0 Å². The van der Waals surface area contributed by atoms with Gasteiger partial charge >= 0.3 is 0 Å². The van der Waals surface area contributed by atoms with Gasteiger partial charge in [-0.15, -0.1) is 0 Å². The van der Waals surface area contributed by atoms with Crippen molar-refractivity contribution in [2.75, 3.05) is 14.1 Å². The van der Waals surface area contributed by atoms with E-state index in [1.54, 1.807) is 4.90 Å². The summed E-state index contributed by atoms with van der Waals surface area (Å²) in [6.07, 6.45) is 0. The second-order valence-electron chi connectivity index (χ2n) is 9.90. The first kappa shape index (κ1) is 19.7. The van der Waals surface area contributed by atoms with Crippen LogP contribution in [0.2, 0.25) is 0 Å². The minimum Gasteiger partial charge on any atom is -0.345 e. The highest BCUT2D eigenvalue weighted by Gasteiger charge is 2.32. The Labute approximate surface area is 143 Å². The summed E-state index contributed by atoms with van der Waals surface area (Å²) in [7, 11) is 3.66. The van der Waals surface area contributed by atoms with Gasteiger partial charge in [-0.25, -0.2) is 0 Å². The van der Waals surface area contributed by atoms with Gasteiger partial charge in [-0.2, -0.15) is 0 Å². The van der Waals surface area contributed by atoms with Gasteiger partial charge in [-0.05, 0) is 32.9 Å². The molecule has 1 rings (SSSR count). The second-order valence-corrected chi connectivity index (χ2v) is 9.90. The van der Waals surface area contributed by atoms with Crippen LogP contribution in [0.4, 0.5) is 0 Å². The van der Waals surface area contributed by atoms with Crippen LogP contribution in [0.15, 0.2) is 12.1 Å². The molecule has 0 radical (unpaired) electrons. The molecule has 0 saturated heterocycles. The monoisotopic (exact) mass is 317 g/mol. The predicted octanol–water partition coefficient (Wildman–Crippen LogP) is 5.28. The smallest absolute Gasteiger partial charge is 0.253 e. The van der Waals surface area contributed by atoms with Crippen LogP contribution in [-0.2, 0) is 16.2 Å². The molecule has 1 amide bonds. The number of carbonyl (C=O) groups excluding carboxylic acids is 1. The van der Waals surface area contributed by atoms with Crippen molar-refractivity contribution in [1.82, 2.24) is 4.90 Å². The van der Waals surface area contributed by atoms with Crippen LogP contribution in [0.5, 0.6) is 0 Å². The maximum atomic E-state index is 13.0. The van der Waals surface area contributed by atoms with Gasteiger partial charge < -0.3 is 4.90 Å². The quantitative estimate of drug-likeness (QED) is 0.690. The van der Waals surface area contributed by atoms with E-state index in [0.29, 0.717) is 0 Å². The standard InChI is InChI=1S/C21H35NO/c1-19(2,3)14-12-15(20(4,5)6)17(18(23)22(10)11)16(13-14)21(7,8)9/h12-13H,1-11H3. The summed E-state index contributed by atoms with van der Waals surface area (Å²) in [5, 5.41) is 0. The van der Waals surface area contributed by atoms with E-state index in [-0.39, 0.29) is 22.2 Å². The summed E-state index contributed by atoms with van der Waals surface area (Å²) < 4.78 is 0. The molecule has 0 saturated carbocycles. The molecule has 0 aliphatic carbocycles. The molecule has 0 atom stereocenters. The SMILES string of the molecule is CN(C)C(=O)c1c(C(C)(C)C)cc(C(C)(C)C)cc1C(C)(C)C. The van der Waals surface area contributed by atoms with Crippen LogP contribution in [0.1, 0.15) is 89.4 Å². The van der Waals surface area contributed by atoms with Gasteiger partial charge in [-0.3, -0.25) is 4.79 Å². The van der Waals surface area contributed by atoms with Crippen molar-refractivity contribution in [2.45, 2.75) is 78.6 Å². The van der Waals surface area contributed by atoms with Crippen molar-refractivity contribution in [3.63, 3.8) is 0 Å². The molecule has 0 aromatic heterocycles. The summed E-state index contributed by atoms with van der Waals surface area (Å²) in [6, 6.07) is 4.48. The van der Waals surface area contributed by atoms with Crippen molar-refractivity contribution in [1.29, 1.82) is 0 Å². The highest BCUT2D eigenvalue weighted by atomic mass is 16.2. The Kier molecular flexibility index (Phi) is 5.11. The number of carbonyl (C=O) groups is 1. The van der Waals surface area contributed by atoms with E-state index in [1.807, 2.05) is 14.1 Å². The van der Waals surface area contributed by atoms with E-state index in [1.165, 1.54) is 5.56 Å². The van der Waals surface area contributed by atoms with Crippen LogP contribution in [0, 0.1) is 0 Å². The third-order valence-electron chi connectivity index (χ3n) is 4.24. The van der Waals surface area contributed by atoms with E-state index in [4.69, 9.17) is 0 Å². The molecular formula is C21H35NO. The number of amides is 1. The molecule has 0 bridgehead atoms. The van der Waals surface area contributed by atoms with Crippen LogP contribution in [0.25, 0.3) is 0 Å². The predicted molar refractivity (Wildman–Crippen MR) is 101 cm³/mol. The highest BCUT2D eigenvalue weighted by molar-refractivity contribution is 5.98. The van der Waals surface area contributed by atoms with Crippen LogP contribution >= 0.6 is 0 Å². The fraction of sp³-hybridized carbons (Fsp3) is 0.667. The van der Waals surface area contributed by atoms with E-state index >= 15 is 0 Å². The van der Waals surface area contributed by atoms with E-state index < -0.39 is 0 Å². The Morgan fingerprint density at radius 1 is 0.739 bits per heavy atom. The number of hydrogen-bond donors (Lipinski definition) is 0. The molecule has 130 valence electrons. The summed E-state index contributed by atoms with van der Waals surface area (Å²) in [5.74, 6) is 0.0975. The molecule has 0 N–H and O–H groups in total. The summed E-state index contributed by atoms with van der Waals surface area (Å²) >= 11 is 0. The summed E-state index contributed by atoms with van der Waals surface area (Å²) in [6.45, 7) is 19.8. The lowest BCUT2D eigenvalue weighted by Crippen LogP contribution is -2.31. The lowest BCUT2D eigenvalue weighted by molar-refractivity contribution is 0.0822. The van der Waals surface area contributed by atoms with Crippen molar-refractivity contribution < 1.29 is 4.79 Å². The molecule has 0 heterocycles. The Hall–Kier alpha value is -1.31. The molecule has 2 nitrogen and oxygen atoms in total. The van der Waals surface area contributed by atoms with Crippen molar-refractivity contribution in [3.8, 4) is 0 Å². The van der Waals surface area contributed by atoms with Crippen LogP contribution in [-0.4, -0.2) is 24.9 Å². The molecule has 2 heteroatoms. The number of rotatable bonds is 1. The van der Waals surface area contributed by atoms with E-state index in [0.717, 1.165) is 16.7 Å². The largest absolute Gasteiger partial charge is 0.345 e. The maximum absolute atomic E-state index is 13.0. The molecule has 1 aromatic rings. The normalized spacial score (nSPS) is 13.2. The zero-order valence-corrected chi connectivity index (χ0v) is 17.0. The first-order valence-corrected chi connectivity index (χ1v) is 8.48. The van der Waals surface area contributed by atoms with Crippen molar-refractivity contribution in [3.05, 3.63) is 34.4 Å². The average Bonchev–Trinajstić information content (AvgIpc) is 2.32. The Morgan fingerprint density at radius 3 is 1.30 bits per heavy atom. The minimum atomic E-state index is -0.0811. The third kappa shape index (κ3) is 4.37. The Balaban J connectivity index is 3.94. The molecule has 0 aliphatic heterocycles. The Bertz CT molecular complexity index is 555. The maximum Gasteiger partial charge on any atom is 0.253 e. The highest BCUT2D eigenvalue weighted by Crippen LogP contribution is 2.38. The summed E-state index contributed by atoms with van der Waals surface area (Å²) in [4.78, 5) is 14.7. The van der Waals surface area contributed by atoms with Crippen molar-refractivity contribution >= 4 is 5.91 Å². The third-order valence-corrected chi connectivity index (χ3v) is 4.24. The number of benzene rings is 1. The minimum absolute atomic E-state index is 0.0553. The molecule has 0 aliphatic rings. The van der Waals surface area contributed by atoms with Crippen LogP contribution < -0.4 is 0 Å². The summed E-state index contributed by atoms with van der Waals surface area (Å²) in [5.41, 5.74) is 4.36. The van der Waals surface area contributed by atoms with Gasteiger partial charge in [0.2, 0.25) is 0 Å². The topological polar surface area (TPSA) is 20.3 Å². The van der Waals surface area contributed by atoms with E-state index in [2.05, 4.69) is 74.4 Å². The fourth-order valence-corrected chi connectivity index (χ4v) is 2.71. The van der Waals surface area contributed by atoms with Gasteiger partial charge in [0.15, 0.2) is 0 Å². The number of hydrogen-bond acceptors (Lipinski definition) is 1. The van der Waals surface area contributed by atoms with Gasteiger partial charge in [-0.1, -0.05) is 74.4 Å². The van der Waals surface area contributed by atoms with Crippen molar-refractivity contribution in [2.24, 2.45) is 0 Å². The number of nitrogens with zero attached hydrogens (tertiary/aromatic N) is 1. The van der Waals surface area contributed by atoms with Gasteiger partial charge in [0.25, 0.3) is 5.91 Å². The first-order chi connectivity index (χ1) is 10.1. The molecule has 0 fully saturated rings. The molecule has 23 heavy (non-hydrogen) atoms. The zero-order chi connectivity index (χ0) is 18.4. The molecule has 0 unspecified atom stereocenters. The Morgan fingerprint density at radius 2 is 1.09 bits per heavy atom. The lowest BCUT2D eigenvalue weighted by Gasteiger charge is -2.33. The fourth-order valence-electron chi connectivity index (χ4n) is 2.71. The zero-order valence-electron chi connectivity index (χ0n) is 17.0. The van der Waals surface area contributed by atoms with Gasteiger partial charge in [0, 0.05) is 19.7 Å². The molecule has 0 spiro atoms. The van der Waals surface area contributed by atoms with Gasteiger partial charge in [0.05, 0.1) is 0 Å². The molecule has 1 aromatic carbocycles. The lowest BCUT2D eigenvalue weighted by atomic mass is 9.72. The second kappa shape index (κ2) is 5.96. The average molecular weight is 318 g/mol. The first-order valence-electron chi connectivity index (χ1n) is 8.48. The molecular weight excluding hydrogens is 282 g/mol. The van der Waals surface area contributed by atoms with E-state index in [9.17, 15) is 4.79 Å². The van der Waals surface area contributed by atoms with Gasteiger partial charge in [0.1, 0.15) is 0 Å².